The number of nitrogens with two attached hydrogens (primary N) is 1. The lowest BCUT2D eigenvalue weighted by atomic mass is 9.96. The van der Waals surface area contributed by atoms with Crippen molar-refractivity contribution in [3.05, 3.63) is 35.9 Å². The summed E-state index contributed by atoms with van der Waals surface area (Å²) in [5.74, 6) is -4.18. The lowest BCUT2D eigenvalue weighted by Gasteiger charge is -2.44. The molecule has 1 aromatic carbocycles. The molecule has 7 atom stereocenters. The maximum atomic E-state index is 12.5. The second kappa shape index (κ2) is 15.8. The lowest BCUT2D eigenvalue weighted by molar-refractivity contribution is -0.279. The van der Waals surface area contributed by atoms with Crippen LogP contribution in [0.1, 0.15) is 32.3 Å². The molecule has 15 heteroatoms. The number of aliphatic hydroxyl groups is 2. The highest BCUT2D eigenvalue weighted by Gasteiger charge is 2.47. The van der Waals surface area contributed by atoms with Crippen molar-refractivity contribution in [1.82, 2.24) is 16.0 Å². The molecule has 1 aliphatic heterocycles. The van der Waals surface area contributed by atoms with Crippen molar-refractivity contribution in [3.8, 4) is 0 Å². The molecule has 0 bridgehead atoms. The number of aliphatic hydroxyl groups excluding tert-OH is 2. The van der Waals surface area contributed by atoms with Gasteiger partial charge in [-0.2, -0.15) is 0 Å². The van der Waals surface area contributed by atoms with E-state index in [9.17, 15) is 34.2 Å². The number of ether oxygens (including phenoxy) is 3. The minimum Gasteiger partial charge on any atom is -0.481 e. The fourth-order valence-electron chi connectivity index (χ4n) is 3.92. The molecule has 2 rings (SSSR count). The predicted molar refractivity (Wildman–Crippen MR) is 136 cm³/mol. The zero-order chi connectivity index (χ0) is 29.8. The molecule has 8 N–H and O–H groups in total. The van der Waals surface area contributed by atoms with Crippen molar-refractivity contribution < 1.29 is 53.5 Å². The Hall–Kier alpha value is -3.63. The van der Waals surface area contributed by atoms with Gasteiger partial charge in [-0.3, -0.25) is 24.0 Å². The Morgan fingerprint density at radius 2 is 1.77 bits per heavy atom. The van der Waals surface area contributed by atoms with Gasteiger partial charge in [0, 0.05) is 13.3 Å². The molecule has 0 aliphatic carbocycles. The number of rotatable bonds is 15. The van der Waals surface area contributed by atoms with Crippen LogP contribution in [0.3, 0.4) is 0 Å². The van der Waals surface area contributed by atoms with Crippen LogP contribution in [0, 0.1) is 0 Å². The van der Waals surface area contributed by atoms with E-state index in [1.165, 1.54) is 13.8 Å². The summed E-state index contributed by atoms with van der Waals surface area (Å²) in [4.78, 5) is 59.2. The second-order valence-corrected chi connectivity index (χ2v) is 9.20. The van der Waals surface area contributed by atoms with Crippen LogP contribution >= 0.6 is 0 Å². The maximum absolute atomic E-state index is 12.5. The molecular weight excluding hydrogens is 532 g/mol. The second-order valence-electron chi connectivity index (χ2n) is 9.20. The third-order valence-corrected chi connectivity index (χ3v) is 5.97. The van der Waals surface area contributed by atoms with Gasteiger partial charge in [-0.15, -0.1) is 0 Å². The number of hydrogen-bond donors (Lipinski definition) is 7. The number of carbonyl (C=O) groups is 5. The highest BCUT2D eigenvalue weighted by Crippen LogP contribution is 2.25. The number of benzene rings is 1. The molecule has 1 saturated heterocycles. The van der Waals surface area contributed by atoms with Crippen molar-refractivity contribution in [2.45, 2.75) is 76.0 Å². The molecule has 1 aromatic rings. The largest absolute Gasteiger partial charge is 0.481 e. The van der Waals surface area contributed by atoms with Gasteiger partial charge in [0.15, 0.2) is 6.29 Å². The van der Waals surface area contributed by atoms with Gasteiger partial charge in [-0.1, -0.05) is 30.3 Å². The Morgan fingerprint density at radius 3 is 2.35 bits per heavy atom. The summed E-state index contributed by atoms with van der Waals surface area (Å²) in [6, 6.07) is 5.57. The molecule has 0 radical (unpaired) electrons. The monoisotopic (exact) mass is 568 g/mol. The van der Waals surface area contributed by atoms with Gasteiger partial charge in [-0.25, -0.2) is 0 Å². The highest BCUT2D eigenvalue weighted by atomic mass is 16.7. The fraction of sp³-hybridized carbons (Fsp3) is 0.560. The van der Waals surface area contributed by atoms with Crippen LogP contribution in [0.5, 0.6) is 0 Å². The van der Waals surface area contributed by atoms with Gasteiger partial charge in [0.2, 0.25) is 23.6 Å². The number of aliphatic carboxylic acids is 1. The molecule has 0 unspecified atom stereocenters. The van der Waals surface area contributed by atoms with E-state index in [1.807, 2.05) is 30.3 Å². The summed E-state index contributed by atoms with van der Waals surface area (Å²) in [7, 11) is 0. The van der Waals surface area contributed by atoms with Crippen molar-refractivity contribution >= 4 is 29.6 Å². The molecule has 4 amide bonds. The van der Waals surface area contributed by atoms with Gasteiger partial charge >= 0.3 is 5.97 Å². The summed E-state index contributed by atoms with van der Waals surface area (Å²) in [5, 5.41) is 36.5. The molecule has 1 heterocycles. The van der Waals surface area contributed by atoms with Gasteiger partial charge in [-0.05, 0) is 18.9 Å². The van der Waals surface area contributed by atoms with Gasteiger partial charge < -0.3 is 51.2 Å². The van der Waals surface area contributed by atoms with E-state index in [4.69, 9.17) is 25.1 Å². The Bertz CT molecular complexity index is 1030. The van der Waals surface area contributed by atoms with Crippen LogP contribution in [0.2, 0.25) is 0 Å². The summed E-state index contributed by atoms with van der Waals surface area (Å²) < 4.78 is 17.1. The first-order valence-corrected chi connectivity index (χ1v) is 12.5. The molecule has 15 nitrogen and oxygen atoms in total. The number of nitrogens with one attached hydrogen (secondary N) is 3. The molecule has 222 valence electrons. The van der Waals surface area contributed by atoms with Crippen molar-refractivity contribution in [2.75, 3.05) is 13.2 Å². The minimum atomic E-state index is -1.46. The van der Waals surface area contributed by atoms with Crippen molar-refractivity contribution in [1.29, 1.82) is 0 Å². The topological polar surface area (TPSA) is 236 Å². The predicted octanol–water partition coefficient (Wildman–Crippen LogP) is -2.49. The van der Waals surface area contributed by atoms with Crippen molar-refractivity contribution in [3.63, 3.8) is 0 Å². The molecule has 1 fully saturated rings. The van der Waals surface area contributed by atoms with Crippen LogP contribution in [0.4, 0.5) is 0 Å². The average molecular weight is 569 g/mol. The molecule has 0 aromatic heterocycles. The Labute approximate surface area is 230 Å². The molecule has 0 spiro atoms. The van der Waals surface area contributed by atoms with E-state index < -0.39 is 92.0 Å². The van der Waals surface area contributed by atoms with Gasteiger partial charge in [0.25, 0.3) is 0 Å². The third kappa shape index (κ3) is 10.2. The Morgan fingerprint density at radius 1 is 1.10 bits per heavy atom. The number of primary amides is 1. The van der Waals surface area contributed by atoms with Crippen LogP contribution in [0.25, 0.3) is 0 Å². The smallest absolute Gasteiger partial charge is 0.303 e. The SMILES string of the molecule is CC(=O)N[C@H]1[C@@H](OCc2ccccc2)O[C@H](CO)[C@@H](O)[C@@H]1OCC(=O)N[C@H](C)C(=O)N[C@H](CCC(=O)O)C(N)=O. The minimum absolute atomic E-state index is 0.0778. The molecule has 1 aliphatic rings. The number of amides is 4. The first-order chi connectivity index (χ1) is 18.9. The number of carboxylic acids is 1. The first kappa shape index (κ1) is 32.6. The van der Waals surface area contributed by atoms with Gasteiger partial charge in [0.05, 0.1) is 13.2 Å². The lowest BCUT2D eigenvalue weighted by Crippen LogP contribution is -2.65. The third-order valence-electron chi connectivity index (χ3n) is 5.97. The number of hydrogen-bond acceptors (Lipinski definition) is 10. The van der Waals surface area contributed by atoms with Gasteiger partial charge in [0.1, 0.15) is 43.0 Å². The summed E-state index contributed by atoms with van der Waals surface area (Å²) in [6.07, 6.45) is -5.65. The maximum Gasteiger partial charge on any atom is 0.303 e. The highest BCUT2D eigenvalue weighted by molar-refractivity contribution is 5.91. The van der Waals surface area contributed by atoms with E-state index in [-0.39, 0.29) is 13.0 Å². The van der Waals surface area contributed by atoms with Crippen LogP contribution in [-0.2, 0) is 44.8 Å². The van der Waals surface area contributed by atoms with E-state index >= 15 is 0 Å². The summed E-state index contributed by atoms with van der Waals surface area (Å²) in [5.41, 5.74) is 6.00. The van der Waals surface area contributed by atoms with Crippen molar-refractivity contribution in [2.24, 2.45) is 5.73 Å². The summed E-state index contributed by atoms with van der Waals surface area (Å²) in [6.45, 7) is 1.36. The first-order valence-electron chi connectivity index (χ1n) is 12.5. The zero-order valence-corrected chi connectivity index (χ0v) is 22.1. The van der Waals surface area contributed by atoms with E-state index in [2.05, 4.69) is 16.0 Å². The zero-order valence-electron chi connectivity index (χ0n) is 22.1. The van der Waals surface area contributed by atoms with E-state index in [0.29, 0.717) is 0 Å². The fourth-order valence-corrected chi connectivity index (χ4v) is 3.92. The number of carboxylic acid groups (broad SMARTS) is 1. The van der Waals surface area contributed by atoms with Crippen LogP contribution in [-0.4, -0.2) is 101 Å². The quantitative estimate of drug-likeness (QED) is 0.117. The Kier molecular flexibility index (Phi) is 12.9. The van der Waals surface area contributed by atoms with E-state index in [0.717, 1.165) is 5.56 Å². The normalized spacial score (nSPS) is 23.9. The average Bonchev–Trinajstić information content (AvgIpc) is 2.90. The number of carbonyl (C=O) groups excluding carboxylic acids is 4. The molecule has 40 heavy (non-hydrogen) atoms. The Balaban J connectivity index is 2.04. The summed E-state index contributed by atoms with van der Waals surface area (Å²) >= 11 is 0. The van der Waals surface area contributed by atoms with E-state index in [1.54, 1.807) is 0 Å². The molecular formula is C25H36N4O11. The van der Waals surface area contributed by atoms with Crippen LogP contribution < -0.4 is 21.7 Å². The molecule has 0 saturated carbocycles. The standard InChI is InChI=1S/C25H36N4O11/c1-13(24(37)29-16(23(26)36)8-9-19(33)34)27-18(32)12-38-22-20(28-14(2)31)25(40-17(10-30)21(22)35)39-11-15-6-4-3-5-7-15/h3-7,13,16-17,20-22,25,30,35H,8-12H2,1-2H3,(H2,26,36)(H,27,32)(H,28,31)(H,29,37)(H,33,34)/t13-,16-,17-,20-,21-,22-,25+/m1/s1. The van der Waals surface area contributed by atoms with Crippen LogP contribution in [0.15, 0.2) is 30.3 Å².